The Kier molecular flexibility index (Phi) is 4.92. The fourth-order valence-corrected chi connectivity index (χ4v) is 4.30. The van der Waals surface area contributed by atoms with E-state index < -0.39 is 22.0 Å². The lowest BCUT2D eigenvalue weighted by Gasteiger charge is -2.08. The summed E-state index contributed by atoms with van der Waals surface area (Å²) >= 11 is 0.976. The number of benzene rings is 2. The number of halogens is 1. The van der Waals surface area contributed by atoms with Gasteiger partial charge in [-0.2, -0.15) is 0 Å². The van der Waals surface area contributed by atoms with Gasteiger partial charge in [0.2, 0.25) is 5.06 Å². The van der Waals surface area contributed by atoms with Gasteiger partial charge in [-0.05, 0) is 29.8 Å². The number of nitrogens with one attached hydrogen (secondary N) is 1. The van der Waals surface area contributed by atoms with Crippen molar-refractivity contribution in [2.75, 3.05) is 4.72 Å². The minimum atomic E-state index is -4.12. The number of carboxylic acid groups (broad SMARTS) is 1. The van der Waals surface area contributed by atoms with Crippen LogP contribution in [-0.2, 0) is 10.0 Å². The molecule has 0 radical (unpaired) electrons. The van der Waals surface area contributed by atoms with Crippen LogP contribution in [0.4, 0.5) is 14.9 Å². The highest BCUT2D eigenvalue weighted by Crippen LogP contribution is 2.41. The zero-order valence-corrected chi connectivity index (χ0v) is 14.7. The van der Waals surface area contributed by atoms with Gasteiger partial charge in [-0.25, -0.2) is 17.6 Å². The average molecular weight is 393 g/mol. The minimum Gasteiger partial charge on any atom is -0.449 e. The predicted molar refractivity (Wildman–Crippen MR) is 95.6 cm³/mol. The van der Waals surface area contributed by atoms with Gasteiger partial charge in [0, 0.05) is 4.88 Å². The maximum absolute atomic E-state index is 13.3. The molecule has 3 aromatic rings. The first-order valence-electron chi connectivity index (χ1n) is 7.23. The number of hydrogen-bond acceptors (Lipinski definition) is 5. The van der Waals surface area contributed by atoms with Crippen LogP contribution in [0.2, 0.25) is 0 Å². The Labute approximate surface area is 152 Å². The van der Waals surface area contributed by atoms with Gasteiger partial charge in [-0.1, -0.05) is 47.7 Å². The normalized spacial score (nSPS) is 11.1. The molecule has 6 nitrogen and oxygen atoms in total. The third-order valence-corrected chi connectivity index (χ3v) is 5.71. The lowest BCUT2D eigenvalue weighted by atomic mass is 10.2. The summed E-state index contributed by atoms with van der Waals surface area (Å²) < 4.78 is 45.2. The Morgan fingerprint density at radius 1 is 1.08 bits per heavy atom. The molecular formula is C17H12FNO5S2. The van der Waals surface area contributed by atoms with Crippen LogP contribution in [0, 0.1) is 5.82 Å². The molecule has 0 aliphatic heterocycles. The molecule has 2 aromatic carbocycles. The molecule has 0 unspecified atom stereocenters. The second-order valence-corrected chi connectivity index (χ2v) is 7.81. The SMILES string of the molecule is O=C(O)Oc1sc(-c2ccccc2)cc1NS(=O)(=O)c1cccc(F)c1. The van der Waals surface area contributed by atoms with E-state index in [2.05, 4.69) is 9.46 Å². The number of hydrogen-bond donors (Lipinski definition) is 2. The van der Waals surface area contributed by atoms with E-state index in [-0.39, 0.29) is 15.6 Å². The summed E-state index contributed by atoms with van der Waals surface area (Å²) in [4.78, 5) is 11.2. The molecule has 0 atom stereocenters. The zero-order chi connectivity index (χ0) is 18.7. The van der Waals surface area contributed by atoms with Crippen molar-refractivity contribution < 1.29 is 27.4 Å². The number of carbonyl (C=O) groups is 1. The standard InChI is InChI=1S/C17H12FNO5S2/c18-12-7-4-8-13(9-12)26(22,23)19-14-10-15(11-5-2-1-3-6-11)25-16(14)24-17(20)21/h1-10,19H,(H,20,21). The molecule has 0 fully saturated rings. The average Bonchev–Trinajstić information content (AvgIpc) is 2.97. The van der Waals surface area contributed by atoms with Crippen molar-refractivity contribution in [2.45, 2.75) is 4.90 Å². The molecule has 1 heterocycles. The molecule has 0 spiro atoms. The molecule has 3 rings (SSSR count). The van der Waals surface area contributed by atoms with Crippen molar-refractivity contribution in [3.05, 3.63) is 66.5 Å². The molecule has 9 heteroatoms. The van der Waals surface area contributed by atoms with Crippen molar-refractivity contribution in [1.82, 2.24) is 0 Å². The second-order valence-electron chi connectivity index (χ2n) is 5.11. The summed E-state index contributed by atoms with van der Waals surface area (Å²) in [5.74, 6) is -0.704. The Morgan fingerprint density at radius 3 is 2.46 bits per heavy atom. The molecule has 0 saturated carbocycles. The molecule has 0 saturated heterocycles. The first kappa shape index (κ1) is 17.9. The highest BCUT2D eigenvalue weighted by atomic mass is 32.2. The Balaban J connectivity index is 2.00. The highest BCUT2D eigenvalue weighted by molar-refractivity contribution is 7.92. The van der Waals surface area contributed by atoms with Gasteiger partial charge in [0.1, 0.15) is 11.5 Å². The van der Waals surface area contributed by atoms with E-state index in [4.69, 9.17) is 5.11 Å². The van der Waals surface area contributed by atoms with Crippen molar-refractivity contribution in [3.63, 3.8) is 0 Å². The van der Waals surface area contributed by atoms with Crippen LogP contribution in [0.15, 0.2) is 65.6 Å². The summed E-state index contributed by atoms with van der Waals surface area (Å²) in [6.45, 7) is 0. The molecule has 2 N–H and O–H groups in total. The van der Waals surface area contributed by atoms with E-state index in [1.807, 2.05) is 6.07 Å². The zero-order valence-electron chi connectivity index (χ0n) is 13.0. The Hall–Kier alpha value is -2.91. The van der Waals surface area contributed by atoms with Gasteiger partial charge in [-0.15, -0.1) is 0 Å². The minimum absolute atomic E-state index is 0.0412. The second kappa shape index (κ2) is 7.14. The third-order valence-electron chi connectivity index (χ3n) is 3.29. The molecular weight excluding hydrogens is 381 g/mol. The molecule has 0 aliphatic carbocycles. The van der Waals surface area contributed by atoms with Gasteiger partial charge < -0.3 is 9.84 Å². The molecule has 0 aliphatic rings. The van der Waals surface area contributed by atoms with Crippen LogP contribution in [0.25, 0.3) is 10.4 Å². The summed E-state index contributed by atoms with van der Waals surface area (Å²) in [5, 5.41) is 8.75. The Bertz CT molecular complexity index is 1050. The summed E-state index contributed by atoms with van der Waals surface area (Å²) in [5.41, 5.74) is 0.726. The van der Waals surface area contributed by atoms with Crippen molar-refractivity contribution >= 4 is 33.2 Å². The van der Waals surface area contributed by atoms with E-state index in [1.165, 1.54) is 18.2 Å². The summed E-state index contributed by atoms with van der Waals surface area (Å²) in [7, 11) is -4.12. The smallest absolute Gasteiger partial charge is 0.449 e. The van der Waals surface area contributed by atoms with Crippen LogP contribution in [0.5, 0.6) is 5.06 Å². The topological polar surface area (TPSA) is 92.7 Å². The highest BCUT2D eigenvalue weighted by Gasteiger charge is 2.21. The maximum atomic E-state index is 13.3. The van der Waals surface area contributed by atoms with Crippen LogP contribution < -0.4 is 9.46 Å². The summed E-state index contributed by atoms with van der Waals surface area (Å²) in [6, 6.07) is 14.9. The van der Waals surface area contributed by atoms with Crippen molar-refractivity contribution in [2.24, 2.45) is 0 Å². The van der Waals surface area contributed by atoms with Gasteiger partial charge in [0.05, 0.1) is 4.90 Å². The van der Waals surface area contributed by atoms with Crippen LogP contribution >= 0.6 is 11.3 Å². The van der Waals surface area contributed by atoms with Gasteiger partial charge >= 0.3 is 6.16 Å². The van der Waals surface area contributed by atoms with Gasteiger partial charge in [0.15, 0.2) is 0 Å². The number of thiophene rings is 1. The summed E-state index contributed by atoms with van der Waals surface area (Å²) in [6.07, 6.45) is -1.57. The first-order chi connectivity index (χ1) is 12.3. The van der Waals surface area contributed by atoms with E-state index >= 15 is 0 Å². The van der Waals surface area contributed by atoms with E-state index in [1.54, 1.807) is 24.3 Å². The molecule has 0 bridgehead atoms. The Morgan fingerprint density at radius 2 is 1.81 bits per heavy atom. The predicted octanol–water partition coefficient (Wildman–Crippen LogP) is 4.41. The van der Waals surface area contributed by atoms with Gasteiger partial charge in [-0.3, -0.25) is 4.72 Å². The largest absolute Gasteiger partial charge is 0.512 e. The van der Waals surface area contributed by atoms with E-state index in [0.29, 0.717) is 4.88 Å². The first-order valence-corrected chi connectivity index (χ1v) is 9.53. The van der Waals surface area contributed by atoms with Crippen molar-refractivity contribution in [1.29, 1.82) is 0 Å². The lowest BCUT2D eigenvalue weighted by Crippen LogP contribution is -2.14. The fraction of sp³-hybridized carbons (Fsp3) is 0. The number of sulfonamides is 1. The maximum Gasteiger partial charge on any atom is 0.512 e. The number of rotatable bonds is 5. The number of anilines is 1. The van der Waals surface area contributed by atoms with Crippen LogP contribution in [-0.4, -0.2) is 19.7 Å². The fourth-order valence-electron chi connectivity index (χ4n) is 2.18. The van der Waals surface area contributed by atoms with Crippen LogP contribution in [0.3, 0.4) is 0 Å². The number of ether oxygens (including phenoxy) is 1. The molecule has 0 amide bonds. The van der Waals surface area contributed by atoms with Crippen molar-refractivity contribution in [3.8, 4) is 15.5 Å². The quantitative estimate of drug-likeness (QED) is 0.626. The lowest BCUT2D eigenvalue weighted by molar-refractivity contribution is 0.146. The van der Waals surface area contributed by atoms with E-state index in [9.17, 15) is 17.6 Å². The monoisotopic (exact) mass is 393 g/mol. The molecule has 26 heavy (non-hydrogen) atoms. The van der Waals surface area contributed by atoms with Gasteiger partial charge in [0.25, 0.3) is 10.0 Å². The van der Waals surface area contributed by atoms with Crippen LogP contribution in [0.1, 0.15) is 0 Å². The third kappa shape index (κ3) is 4.01. The molecule has 134 valence electrons. The molecule has 1 aromatic heterocycles. The van der Waals surface area contributed by atoms with E-state index in [0.717, 1.165) is 29.0 Å².